The van der Waals surface area contributed by atoms with E-state index in [1.165, 1.54) is 19.1 Å². The van der Waals surface area contributed by atoms with Crippen molar-refractivity contribution in [2.75, 3.05) is 12.3 Å². The number of hydrogen-bond donors (Lipinski definition) is 3. The minimum Gasteiger partial charge on any atom is -0.462 e. The Morgan fingerprint density at radius 3 is 2.58 bits per heavy atom. The molecule has 0 amide bonds. The SMILES string of the molecule is CC(C)OC(=O)[C@@H](C)N[P@@](=O)(OC[C@H]1O[C@@H](n2ccc(N)nc2=O)C(F)(F)[C@@H]1O)Oc1ccccc1. The Hall–Kier alpha value is -2.90. The molecular formula is C21H27F2N4O8P. The summed E-state index contributed by atoms with van der Waals surface area (Å²) in [6.07, 6.45) is -5.91. The number of alkyl halides is 2. The van der Waals surface area contributed by atoms with Gasteiger partial charge in [0.25, 0.3) is 0 Å². The minimum absolute atomic E-state index is 0.0911. The zero-order valence-electron chi connectivity index (χ0n) is 19.6. The number of carbonyl (C=O) groups is 1. The maximum absolute atomic E-state index is 14.8. The standard InChI is InChI=1S/C21H27F2N4O8P/c1-12(2)33-18(29)13(3)26-36(31,35-14-7-5-4-6-8-14)32-11-15-17(28)21(22,23)19(34-15)27-10-9-16(24)25-20(27)30/h4-10,12-13,15,17,19,28H,11H2,1-3H3,(H,26,31)(H2,24,25,30)/t13-,15-,17-,19-,36-/m1/s1. The first-order valence-electron chi connectivity index (χ1n) is 10.9. The number of nitrogens with two attached hydrogens (primary N) is 1. The van der Waals surface area contributed by atoms with Crippen molar-refractivity contribution in [1.82, 2.24) is 14.6 Å². The molecule has 36 heavy (non-hydrogen) atoms. The van der Waals surface area contributed by atoms with Gasteiger partial charge in [-0.1, -0.05) is 18.2 Å². The van der Waals surface area contributed by atoms with E-state index in [4.69, 9.17) is 24.3 Å². The minimum atomic E-state index is -4.41. The zero-order chi connectivity index (χ0) is 26.7. The van der Waals surface area contributed by atoms with Gasteiger partial charge in [0.2, 0.25) is 6.23 Å². The number of hydrogen-bond acceptors (Lipinski definition) is 10. The summed E-state index contributed by atoms with van der Waals surface area (Å²) in [6, 6.07) is 7.70. The van der Waals surface area contributed by atoms with Gasteiger partial charge in [0.1, 0.15) is 23.7 Å². The molecule has 4 N–H and O–H groups in total. The summed E-state index contributed by atoms with van der Waals surface area (Å²) < 4.78 is 64.6. The Morgan fingerprint density at radius 2 is 1.97 bits per heavy atom. The van der Waals surface area contributed by atoms with Crippen molar-refractivity contribution in [2.45, 2.75) is 57.3 Å². The highest BCUT2D eigenvalue weighted by atomic mass is 31.2. The van der Waals surface area contributed by atoms with Crippen molar-refractivity contribution < 1.29 is 41.8 Å². The molecule has 0 bridgehead atoms. The molecule has 5 atom stereocenters. The first-order valence-corrected chi connectivity index (χ1v) is 12.4. The van der Waals surface area contributed by atoms with E-state index in [1.807, 2.05) is 0 Å². The topological polar surface area (TPSA) is 164 Å². The Morgan fingerprint density at radius 1 is 1.31 bits per heavy atom. The highest BCUT2D eigenvalue weighted by molar-refractivity contribution is 7.52. The molecule has 12 nitrogen and oxygen atoms in total. The number of para-hydroxylation sites is 1. The molecule has 0 unspecified atom stereocenters. The number of aliphatic hydroxyl groups excluding tert-OH is 1. The predicted octanol–water partition coefficient (Wildman–Crippen LogP) is 1.85. The number of nitrogens with one attached hydrogen (secondary N) is 1. The van der Waals surface area contributed by atoms with Crippen LogP contribution in [0.1, 0.15) is 27.0 Å². The molecule has 0 saturated carbocycles. The summed E-state index contributed by atoms with van der Waals surface area (Å²) in [5.41, 5.74) is 4.27. The molecule has 1 aliphatic heterocycles. The van der Waals surface area contributed by atoms with Gasteiger partial charge in [0, 0.05) is 6.20 Å². The molecule has 15 heteroatoms. The van der Waals surface area contributed by atoms with Gasteiger partial charge in [-0.25, -0.2) is 9.36 Å². The van der Waals surface area contributed by atoms with Crippen LogP contribution < -0.4 is 21.0 Å². The summed E-state index contributed by atoms with van der Waals surface area (Å²) in [5, 5.41) is 12.6. The second-order valence-electron chi connectivity index (χ2n) is 8.22. The van der Waals surface area contributed by atoms with E-state index in [1.54, 1.807) is 32.0 Å². The molecule has 2 aromatic rings. The summed E-state index contributed by atoms with van der Waals surface area (Å²) >= 11 is 0. The van der Waals surface area contributed by atoms with Crippen molar-refractivity contribution in [3.8, 4) is 5.75 Å². The van der Waals surface area contributed by atoms with Gasteiger partial charge < -0.3 is 24.8 Å². The van der Waals surface area contributed by atoms with Crippen LogP contribution in [0.15, 0.2) is 47.4 Å². The number of benzene rings is 1. The normalized spacial score (nSPS) is 23.7. The van der Waals surface area contributed by atoms with Crippen LogP contribution in [0.25, 0.3) is 0 Å². The van der Waals surface area contributed by atoms with Crippen LogP contribution in [0, 0.1) is 0 Å². The lowest BCUT2D eigenvalue weighted by Gasteiger charge is -2.25. The zero-order valence-corrected chi connectivity index (χ0v) is 20.5. The maximum Gasteiger partial charge on any atom is 0.459 e. The number of aliphatic hydroxyl groups is 1. The molecule has 2 heterocycles. The average molecular weight is 532 g/mol. The van der Waals surface area contributed by atoms with Crippen LogP contribution in [0.5, 0.6) is 5.75 Å². The second-order valence-corrected chi connectivity index (χ2v) is 9.92. The Bertz CT molecular complexity index is 1170. The third kappa shape index (κ3) is 6.45. The average Bonchev–Trinajstić information content (AvgIpc) is 3.01. The fourth-order valence-corrected chi connectivity index (χ4v) is 4.72. The molecule has 0 radical (unpaired) electrons. The smallest absolute Gasteiger partial charge is 0.459 e. The Balaban J connectivity index is 1.79. The molecule has 198 valence electrons. The number of esters is 1. The van der Waals surface area contributed by atoms with Crippen LogP contribution in [0.2, 0.25) is 0 Å². The first-order chi connectivity index (χ1) is 16.8. The number of nitrogen functional groups attached to an aromatic ring is 1. The number of nitrogens with zero attached hydrogens (tertiary/aromatic N) is 2. The summed E-state index contributed by atoms with van der Waals surface area (Å²) in [7, 11) is -4.41. The predicted molar refractivity (Wildman–Crippen MR) is 122 cm³/mol. The van der Waals surface area contributed by atoms with Crippen LogP contribution in [-0.2, 0) is 23.4 Å². The molecule has 1 aliphatic rings. The number of anilines is 1. The Kier molecular flexibility index (Phi) is 8.47. The summed E-state index contributed by atoms with van der Waals surface area (Å²) in [4.78, 5) is 27.6. The van der Waals surface area contributed by atoms with E-state index in [9.17, 15) is 28.0 Å². The van der Waals surface area contributed by atoms with Gasteiger partial charge in [-0.15, -0.1) is 0 Å². The summed E-state index contributed by atoms with van der Waals surface area (Å²) in [5.74, 6) is -4.80. The number of ether oxygens (including phenoxy) is 2. The van der Waals surface area contributed by atoms with Gasteiger partial charge in [-0.2, -0.15) is 18.9 Å². The van der Waals surface area contributed by atoms with Crippen molar-refractivity contribution in [3.05, 3.63) is 53.1 Å². The monoisotopic (exact) mass is 532 g/mol. The van der Waals surface area contributed by atoms with Gasteiger partial charge in [-0.05, 0) is 39.0 Å². The second kappa shape index (κ2) is 11.0. The largest absolute Gasteiger partial charge is 0.462 e. The quantitative estimate of drug-likeness (QED) is 0.302. The molecular weight excluding hydrogens is 505 g/mol. The van der Waals surface area contributed by atoms with Crippen LogP contribution in [0.3, 0.4) is 0 Å². The van der Waals surface area contributed by atoms with Crippen LogP contribution in [0.4, 0.5) is 14.6 Å². The molecule has 1 aromatic carbocycles. The van der Waals surface area contributed by atoms with Crippen molar-refractivity contribution >= 4 is 19.5 Å². The maximum atomic E-state index is 14.8. The summed E-state index contributed by atoms with van der Waals surface area (Å²) in [6.45, 7) is 3.74. The lowest BCUT2D eigenvalue weighted by molar-refractivity contribution is -0.149. The highest BCUT2D eigenvalue weighted by Crippen LogP contribution is 2.48. The highest BCUT2D eigenvalue weighted by Gasteiger charge is 2.60. The molecule has 1 aromatic heterocycles. The van der Waals surface area contributed by atoms with E-state index in [-0.39, 0.29) is 11.6 Å². The number of aromatic nitrogens is 2. The van der Waals surface area contributed by atoms with E-state index in [0.717, 1.165) is 12.3 Å². The molecule has 0 spiro atoms. The lowest BCUT2D eigenvalue weighted by Crippen LogP contribution is -2.42. The third-order valence-electron chi connectivity index (χ3n) is 4.92. The molecule has 1 saturated heterocycles. The van der Waals surface area contributed by atoms with Crippen molar-refractivity contribution in [3.63, 3.8) is 0 Å². The van der Waals surface area contributed by atoms with E-state index in [2.05, 4.69) is 10.1 Å². The fourth-order valence-electron chi connectivity index (χ4n) is 3.22. The lowest BCUT2D eigenvalue weighted by atomic mass is 10.1. The van der Waals surface area contributed by atoms with Gasteiger partial charge in [0.05, 0.1) is 12.7 Å². The van der Waals surface area contributed by atoms with Gasteiger partial charge in [-0.3, -0.25) is 13.9 Å². The number of rotatable bonds is 10. The molecule has 0 aliphatic carbocycles. The van der Waals surface area contributed by atoms with Crippen molar-refractivity contribution in [1.29, 1.82) is 0 Å². The number of carbonyl (C=O) groups excluding carboxylic acids is 1. The van der Waals surface area contributed by atoms with Crippen LogP contribution in [-0.4, -0.2) is 57.5 Å². The molecule has 1 fully saturated rings. The third-order valence-corrected chi connectivity index (χ3v) is 6.56. The van der Waals surface area contributed by atoms with Gasteiger partial charge >= 0.3 is 25.3 Å². The van der Waals surface area contributed by atoms with Crippen LogP contribution >= 0.6 is 7.75 Å². The van der Waals surface area contributed by atoms with Crippen molar-refractivity contribution in [2.24, 2.45) is 0 Å². The van der Waals surface area contributed by atoms with Gasteiger partial charge in [0.15, 0.2) is 6.10 Å². The fraction of sp³-hybridized carbons (Fsp3) is 0.476. The number of halogens is 2. The first kappa shape index (κ1) is 27.7. The van der Waals surface area contributed by atoms with E-state index in [0.29, 0.717) is 4.57 Å². The van der Waals surface area contributed by atoms with E-state index >= 15 is 0 Å². The molecule has 3 rings (SSSR count). The Labute approximate surface area is 204 Å². The van der Waals surface area contributed by atoms with E-state index < -0.39 is 62.5 Å².